The van der Waals surface area contributed by atoms with E-state index in [-0.39, 0.29) is 16.5 Å². The van der Waals surface area contributed by atoms with E-state index in [1.165, 1.54) is 0 Å². The topological polar surface area (TPSA) is 20.2 Å². The Hall–Kier alpha value is -1.01. The van der Waals surface area contributed by atoms with Crippen molar-refractivity contribution in [3.05, 3.63) is 42.5 Å². The maximum atomic E-state index is 9.37. The Labute approximate surface area is 81.0 Å². The second kappa shape index (κ2) is 3.60. The maximum Gasteiger partial charge on any atom is 0.123 e. The quantitative estimate of drug-likeness (QED) is 0.652. The molecule has 12 heavy (non-hydrogen) atoms. The van der Waals surface area contributed by atoms with Gasteiger partial charge in [-0.25, -0.2) is 0 Å². The van der Waals surface area contributed by atoms with Crippen molar-refractivity contribution in [2.45, 2.75) is 0 Å². The second-order valence-corrected chi connectivity index (χ2v) is 2.50. The SMILES string of the molecule is Oc1cccc2ccccc12.[Ni]. The van der Waals surface area contributed by atoms with Crippen LogP contribution in [0.15, 0.2) is 42.5 Å². The number of hydrogen-bond acceptors (Lipinski definition) is 1. The van der Waals surface area contributed by atoms with Gasteiger partial charge in [0.05, 0.1) is 0 Å². The summed E-state index contributed by atoms with van der Waals surface area (Å²) >= 11 is 0. The first-order chi connectivity index (χ1) is 5.38. The van der Waals surface area contributed by atoms with Gasteiger partial charge in [-0.3, -0.25) is 0 Å². The Morgan fingerprint density at radius 1 is 0.833 bits per heavy atom. The third-order valence-corrected chi connectivity index (χ3v) is 1.77. The molecule has 0 amide bonds. The fourth-order valence-electron chi connectivity index (χ4n) is 1.21. The van der Waals surface area contributed by atoms with Crippen molar-refractivity contribution in [1.29, 1.82) is 0 Å². The van der Waals surface area contributed by atoms with Gasteiger partial charge < -0.3 is 5.11 Å². The molecule has 0 unspecified atom stereocenters. The molecule has 0 fully saturated rings. The minimum Gasteiger partial charge on any atom is -0.507 e. The van der Waals surface area contributed by atoms with E-state index in [9.17, 15) is 5.11 Å². The van der Waals surface area contributed by atoms with E-state index in [1.807, 2.05) is 36.4 Å². The van der Waals surface area contributed by atoms with Crippen LogP contribution in [0, 0.1) is 0 Å². The molecule has 0 radical (unpaired) electrons. The zero-order chi connectivity index (χ0) is 7.68. The molecule has 2 heteroatoms. The fourth-order valence-corrected chi connectivity index (χ4v) is 1.21. The van der Waals surface area contributed by atoms with Crippen LogP contribution in [0.1, 0.15) is 0 Å². The third kappa shape index (κ3) is 1.44. The Bertz CT molecular complexity index is 379. The molecule has 0 aliphatic rings. The molecular weight excluding hydrogens is 195 g/mol. The normalized spacial score (nSPS) is 9.33. The van der Waals surface area contributed by atoms with Crippen LogP contribution < -0.4 is 0 Å². The number of aromatic hydroxyl groups is 1. The largest absolute Gasteiger partial charge is 0.507 e. The average Bonchev–Trinajstić information content (AvgIpc) is 2.06. The summed E-state index contributed by atoms with van der Waals surface area (Å²) in [6.07, 6.45) is 0. The minimum atomic E-state index is 0. The molecule has 1 N–H and O–H groups in total. The maximum absolute atomic E-state index is 9.37. The number of hydrogen-bond donors (Lipinski definition) is 1. The van der Waals surface area contributed by atoms with Crippen LogP contribution in [0.3, 0.4) is 0 Å². The first-order valence-corrected chi connectivity index (χ1v) is 3.54. The Morgan fingerprint density at radius 2 is 1.50 bits per heavy atom. The molecule has 1 nitrogen and oxygen atoms in total. The van der Waals surface area contributed by atoms with Crippen LogP contribution in [-0.4, -0.2) is 5.11 Å². The Kier molecular flexibility index (Phi) is 2.72. The van der Waals surface area contributed by atoms with Crippen LogP contribution in [0.4, 0.5) is 0 Å². The van der Waals surface area contributed by atoms with E-state index in [0.717, 1.165) is 10.8 Å². The Morgan fingerprint density at radius 3 is 2.25 bits per heavy atom. The third-order valence-electron chi connectivity index (χ3n) is 1.77. The van der Waals surface area contributed by atoms with Crippen molar-refractivity contribution in [3.8, 4) is 5.75 Å². The molecule has 0 saturated heterocycles. The van der Waals surface area contributed by atoms with E-state index in [1.54, 1.807) is 6.07 Å². The molecule has 0 aromatic heterocycles. The van der Waals surface area contributed by atoms with Gasteiger partial charge >= 0.3 is 0 Å². The molecule has 2 aromatic rings. The Balaban J connectivity index is 0.000000720. The zero-order valence-electron chi connectivity index (χ0n) is 6.30. The van der Waals surface area contributed by atoms with E-state index in [0.29, 0.717) is 5.75 Å². The summed E-state index contributed by atoms with van der Waals surface area (Å²) in [6.45, 7) is 0. The van der Waals surface area contributed by atoms with Crippen LogP contribution in [-0.2, 0) is 16.5 Å². The van der Waals surface area contributed by atoms with Gasteiger partial charge in [0.25, 0.3) is 0 Å². The zero-order valence-corrected chi connectivity index (χ0v) is 7.29. The molecule has 0 saturated carbocycles. The summed E-state index contributed by atoms with van der Waals surface area (Å²) in [4.78, 5) is 0. The molecule has 64 valence electrons. The second-order valence-electron chi connectivity index (χ2n) is 2.50. The van der Waals surface area contributed by atoms with Crippen LogP contribution >= 0.6 is 0 Å². The molecule has 0 bridgehead atoms. The molecule has 2 rings (SSSR count). The summed E-state index contributed by atoms with van der Waals surface area (Å²) in [7, 11) is 0. The van der Waals surface area contributed by atoms with E-state index >= 15 is 0 Å². The van der Waals surface area contributed by atoms with Crippen molar-refractivity contribution < 1.29 is 21.6 Å². The van der Waals surface area contributed by atoms with Crippen molar-refractivity contribution in [2.24, 2.45) is 0 Å². The number of benzene rings is 2. The van der Waals surface area contributed by atoms with Crippen LogP contribution in [0.2, 0.25) is 0 Å². The fraction of sp³-hybridized carbons (Fsp3) is 0. The minimum absolute atomic E-state index is 0. The molecule has 0 heterocycles. The predicted octanol–water partition coefficient (Wildman–Crippen LogP) is 2.54. The summed E-state index contributed by atoms with van der Waals surface area (Å²) in [5.74, 6) is 0.350. The van der Waals surface area contributed by atoms with Gasteiger partial charge in [0, 0.05) is 21.9 Å². The van der Waals surface area contributed by atoms with Crippen molar-refractivity contribution in [1.82, 2.24) is 0 Å². The molecule has 0 aliphatic heterocycles. The number of rotatable bonds is 0. The van der Waals surface area contributed by atoms with Gasteiger partial charge in [-0.1, -0.05) is 36.4 Å². The summed E-state index contributed by atoms with van der Waals surface area (Å²) < 4.78 is 0. The summed E-state index contributed by atoms with van der Waals surface area (Å²) in [6, 6.07) is 13.3. The van der Waals surface area contributed by atoms with Crippen molar-refractivity contribution in [3.63, 3.8) is 0 Å². The van der Waals surface area contributed by atoms with E-state index in [2.05, 4.69) is 0 Å². The average molecular weight is 203 g/mol. The van der Waals surface area contributed by atoms with Gasteiger partial charge in [-0.05, 0) is 11.5 Å². The predicted molar refractivity (Wildman–Crippen MR) is 45.6 cm³/mol. The number of phenols is 1. The van der Waals surface area contributed by atoms with Crippen LogP contribution in [0.5, 0.6) is 5.75 Å². The standard InChI is InChI=1S/C10H8O.Ni/c11-10-7-3-5-8-4-1-2-6-9(8)10;/h1-7,11H;. The van der Waals surface area contributed by atoms with Gasteiger partial charge in [-0.15, -0.1) is 0 Å². The van der Waals surface area contributed by atoms with Gasteiger partial charge in [0.2, 0.25) is 0 Å². The molecule has 2 aromatic carbocycles. The first-order valence-electron chi connectivity index (χ1n) is 3.54. The summed E-state index contributed by atoms with van der Waals surface area (Å²) in [5.41, 5.74) is 0. The molecule has 0 atom stereocenters. The molecular formula is C10H8NiO. The van der Waals surface area contributed by atoms with Gasteiger partial charge in [-0.2, -0.15) is 0 Å². The molecule has 0 spiro atoms. The van der Waals surface area contributed by atoms with E-state index in [4.69, 9.17) is 0 Å². The van der Waals surface area contributed by atoms with Gasteiger partial charge in [0.1, 0.15) is 5.75 Å². The monoisotopic (exact) mass is 202 g/mol. The van der Waals surface area contributed by atoms with E-state index < -0.39 is 0 Å². The van der Waals surface area contributed by atoms with Crippen molar-refractivity contribution >= 4 is 10.8 Å². The summed E-state index contributed by atoms with van der Waals surface area (Å²) in [5, 5.41) is 11.4. The number of phenolic OH excluding ortho intramolecular Hbond substituents is 1. The van der Waals surface area contributed by atoms with Crippen LogP contribution in [0.25, 0.3) is 10.8 Å². The first kappa shape index (κ1) is 9.08. The smallest absolute Gasteiger partial charge is 0.123 e. The van der Waals surface area contributed by atoms with Gasteiger partial charge in [0.15, 0.2) is 0 Å². The van der Waals surface area contributed by atoms with Crippen molar-refractivity contribution in [2.75, 3.05) is 0 Å². The number of fused-ring (bicyclic) bond motifs is 1. The molecule has 0 aliphatic carbocycles.